The number of carbonyl (C=O) groups excluding carboxylic acids is 1. The maximum atomic E-state index is 12.2. The fourth-order valence-corrected chi connectivity index (χ4v) is 2.27. The van der Waals surface area contributed by atoms with Crippen LogP contribution in [0, 0.1) is 13.8 Å². The molecule has 0 aliphatic heterocycles. The van der Waals surface area contributed by atoms with Crippen molar-refractivity contribution in [1.82, 2.24) is 0 Å². The van der Waals surface area contributed by atoms with E-state index in [0.717, 1.165) is 16.0 Å². The largest absolute Gasteiger partial charge is 0.398 e. The minimum absolute atomic E-state index is 0.00514. The van der Waals surface area contributed by atoms with Gasteiger partial charge in [-0.25, -0.2) is 0 Å². The van der Waals surface area contributed by atoms with E-state index in [9.17, 15) is 4.79 Å². The molecule has 0 saturated carbocycles. The Bertz CT molecular complexity index is 543. The van der Waals surface area contributed by atoms with Crippen LogP contribution in [-0.2, 0) is 0 Å². The van der Waals surface area contributed by atoms with E-state index in [4.69, 9.17) is 5.73 Å². The fraction of sp³-hybridized carbons (Fsp3) is 0.154. The summed E-state index contributed by atoms with van der Waals surface area (Å²) in [5, 5.41) is 1.87. The van der Waals surface area contributed by atoms with Crippen LogP contribution in [0.3, 0.4) is 0 Å². The highest BCUT2D eigenvalue weighted by molar-refractivity contribution is 7.10. The summed E-state index contributed by atoms with van der Waals surface area (Å²) in [6.07, 6.45) is 0. The molecule has 82 valence electrons. The Labute approximate surface area is 98.7 Å². The molecular formula is C13H13NOS. The van der Waals surface area contributed by atoms with Crippen molar-refractivity contribution in [2.45, 2.75) is 13.8 Å². The van der Waals surface area contributed by atoms with Gasteiger partial charge in [0.15, 0.2) is 5.78 Å². The van der Waals surface area contributed by atoms with Gasteiger partial charge in [-0.05, 0) is 32.0 Å². The van der Waals surface area contributed by atoms with Gasteiger partial charge in [0, 0.05) is 27.1 Å². The number of anilines is 1. The van der Waals surface area contributed by atoms with Gasteiger partial charge in [0.1, 0.15) is 0 Å². The first kappa shape index (κ1) is 10.9. The zero-order valence-electron chi connectivity index (χ0n) is 9.28. The number of rotatable bonds is 2. The molecule has 0 spiro atoms. The summed E-state index contributed by atoms with van der Waals surface area (Å²) < 4.78 is 0. The summed E-state index contributed by atoms with van der Waals surface area (Å²) >= 11 is 1.58. The second-order valence-corrected chi connectivity index (χ2v) is 4.98. The Morgan fingerprint density at radius 3 is 2.62 bits per heavy atom. The molecule has 0 radical (unpaired) electrons. The van der Waals surface area contributed by atoms with Crippen LogP contribution in [0.15, 0.2) is 29.6 Å². The summed E-state index contributed by atoms with van der Waals surface area (Å²) in [4.78, 5) is 13.3. The molecule has 0 fully saturated rings. The van der Waals surface area contributed by atoms with Crippen molar-refractivity contribution in [3.63, 3.8) is 0 Å². The predicted octanol–water partition coefficient (Wildman–Crippen LogP) is 3.18. The van der Waals surface area contributed by atoms with E-state index in [0.29, 0.717) is 11.3 Å². The quantitative estimate of drug-likeness (QED) is 0.637. The lowest BCUT2D eigenvalue weighted by Crippen LogP contribution is -2.04. The van der Waals surface area contributed by atoms with Gasteiger partial charge in [0.2, 0.25) is 0 Å². The lowest BCUT2D eigenvalue weighted by atomic mass is 10.0. The monoisotopic (exact) mass is 231 g/mol. The number of ketones is 1. The van der Waals surface area contributed by atoms with E-state index in [1.807, 2.05) is 37.4 Å². The van der Waals surface area contributed by atoms with Gasteiger partial charge in [0.05, 0.1) is 0 Å². The van der Waals surface area contributed by atoms with Crippen molar-refractivity contribution in [3.05, 3.63) is 51.2 Å². The van der Waals surface area contributed by atoms with Gasteiger partial charge in [-0.1, -0.05) is 11.6 Å². The fourth-order valence-electron chi connectivity index (χ4n) is 1.58. The number of nitrogen functional groups attached to an aromatic ring is 1. The predicted molar refractivity (Wildman–Crippen MR) is 68.1 cm³/mol. The van der Waals surface area contributed by atoms with E-state index in [1.54, 1.807) is 17.4 Å². The standard InChI is InChI=1S/C13H13NOS/c1-8-3-4-12(14)11(5-8)13(15)10-6-9(2)16-7-10/h3-7H,14H2,1-2H3. The molecule has 1 heterocycles. The van der Waals surface area contributed by atoms with E-state index in [-0.39, 0.29) is 5.78 Å². The van der Waals surface area contributed by atoms with Crippen LogP contribution >= 0.6 is 11.3 Å². The second kappa shape index (κ2) is 4.10. The average molecular weight is 231 g/mol. The van der Waals surface area contributed by atoms with Gasteiger partial charge in [-0.2, -0.15) is 0 Å². The third kappa shape index (κ3) is 1.99. The van der Waals surface area contributed by atoms with Crippen molar-refractivity contribution in [1.29, 1.82) is 0 Å². The Morgan fingerprint density at radius 1 is 1.25 bits per heavy atom. The molecule has 0 saturated heterocycles. The van der Waals surface area contributed by atoms with E-state index >= 15 is 0 Å². The van der Waals surface area contributed by atoms with Crippen molar-refractivity contribution in [3.8, 4) is 0 Å². The Morgan fingerprint density at radius 2 is 2.00 bits per heavy atom. The van der Waals surface area contributed by atoms with Crippen LogP contribution in [-0.4, -0.2) is 5.78 Å². The van der Waals surface area contributed by atoms with Gasteiger partial charge < -0.3 is 5.73 Å². The maximum Gasteiger partial charge on any atom is 0.195 e. The molecule has 2 nitrogen and oxygen atoms in total. The number of thiophene rings is 1. The smallest absolute Gasteiger partial charge is 0.195 e. The van der Waals surface area contributed by atoms with E-state index in [1.165, 1.54) is 0 Å². The highest BCUT2D eigenvalue weighted by Gasteiger charge is 2.13. The first-order valence-corrected chi connectivity index (χ1v) is 5.92. The van der Waals surface area contributed by atoms with Gasteiger partial charge in [-0.3, -0.25) is 4.79 Å². The minimum Gasteiger partial charge on any atom is -0.398 e. The van der Waals surface area contributed by atoms with Crippen LogP contribution in [0.2, 0.25) is 0 Å². The molecule has 0 unspecified atom stereocenters. The van der Waals surface area contributed by atoms with Crippen LogP contribution in [0.4, 0.5) is 5.69 Å². The topological polar surface area (TPSA) is 43.1 Å². The summed E-state index contributed by atoms with van der Waals surface area (Å²) in [5.41, 5.74) is 8.72. The summed E-state index contributed by atoms with van der Waals surface area (Å²) in [6, 6.07) is 7.42. The van der Waals surface area contributed by atoms with E-state index < -0.39 is 0 Å². The average Bonchev–Trinajstić information content (AvgIpc) is 2.67. The third-order valence-electron chi connectivity index (χ3n) is 2.45. The lowest BCUT2D eigenvalue weighted by Gasteiger charge is -2.04. The molecule has 1 aromatic heterocycles. The van der Waals surface area contributed by atoms with Crippen LogP contribution in [0.25, 0.3) is 0 Å². The first-order valence-electron chi connectivity index (χ1n) is 5.04. The van der Waals surface area contributed by atoms with E-state index in [2.05, 4.69) is 0 Å². The normalized spacial score (nSPS) is 10.4. The van der Waals surface area contributed by atoms with Crippen LogP contribution < -0.4 is 5.73 Å². The molecule has 0 bridgehead atoms. The minimum atomic E-state index is 0.00514. The van der Waals surface area contributed by atoms with Crippen molar-refractivity contribution in [2.24, 2.45) is 0 Å². The zero-order valence-corrected chi connectivity index (χ0v) is 10.1. The molecule has 0 atom stereocenters. The Balaban J connectivity index is 2.45. The lowest BCUT2D eigenvalue weighted by molar-refractivity contribution is 0.104. The molecular weight excluding hydrogens is 218 g/mol. The van der Waals surface area contributed by atoms with Crippen LogP contribution in [0.5, 0.6) is 0 Å². The number of benzene rings is 1. The number of hydrogen-bond acceptors (Lipinski definition) is 3. The molecule has 2 rings (SSSR count). The molecule has 0 aliphatic rings. The molecule has 2 N–H and O–H groups in total. The molecule has 0 amide bonds. The number of hydrogen-bond donors (Lipinski definition) is 1. The molecule has 3 heteroatoms. The van der Waals surface area contributed by atoms with Crippen molar-refractivity contribution >= 4 is 22.8 Å². The Hall–Kier alpha value is -1.61. The van der Waals surface area contributed by atoms with Gasteiger partial charge in [-0.15, -0.1) is 11.3 Å². The third-order valence-corrected chi connectivity index (χ3v) is 3.31. The summed E-state index contributed by atoms with van der Waals surface area (Å²) in [7, 11) is 0. The maximum absolute atomic E-state index is 12.2. The highest BCUT2D eigenvalue weighted by atomic mass is 32.1. The zero-order chi connectivity index (χ0) is 11.7. The van der Waals surface area contributed by atoms with Crippen LogP contribution in [0.1, 0.15) is 26.4 Å². The molecule has 1 aromatic carbocycles. The second-order valence-electron chi connectivity index (χ2n) is 3.87. The summed E-state index contributed by atoms with van der Waals surface area (Å²) in [5.74, 6) is 0.00514. The first-order chi connectivity index (χ1) is 7.58. The number of carbonyl (C=O) groups is 1. The summed E-state index contributed by atoms with van der Waals surface area (Å²) in [6.45, 7) is 3.94. The number of nitrogens with two attached hydrogens (primary N) is 1. The molecule has 16 heavy (non-hydrogen) atoms. The highest BCUT2D eigenvalue weighted by Crippen LogP contribution is 2.21. The SMILES string of the molecule is Cc1ccc(N)c(C(=O)c2csc(C)c2)c1. The molecule has 0 aliphatic carbocycles. The number of aryl methyl sites for hydroxylation is 2. The van der Waals surface area contributed by atoms with Crippen molar-refractivity contribution < 1.29 is 4.79 Å². The van der Waals surface area contributed by atoms with Gasteiger partial charge >= 0.3 is 0 Å². The van der Waals surface area contributed by atoms with Gasteiger partial charge in [0.25, 0.3) is 0 Å². The van der Waals surface area contributed by atoms with Crippen molar-refractivity contribution in [2.75, 3.05) is 5.73 Å². The Kier molecular flexibility index (Phi) is 2.79. The molecule has 2 aromatic rings.